The van der Waals surface area contributed by atoms with Crippen molar-refractivity contribution in [3.05, 3.63) is 0 Å². The topological polar surface area (TPSA) is 78.2 Å². The SMILES string of the molecule is CC1(C)C(=O)C(C#N)C[C@@]2(C)CN(CCS(C)(=O)=O)CCC12. The molecule has 0 bridgehead atoms. The minimum atomic E-state index is -2.97. The average Bonchev–Trinajstić information content (AvgIpc) is 2.39. The van der Waals surface area contributed by atoms with E-state index in [0.717, 1.165) is 19.5 Å². The van der Waals surface area contributed by atoms with Crippen LogP contribution in [0.3, 0.4) is 0 Å². The van der Waals surface area contributed by atoms with Gasteiger partial charge in [0, 0.05) is 24.8 Å². The molecule has 0 aromatic heterocycles. The average molecular weight is 326 g/mol. The quantitative estimate of drug-likeness (QED) is 0.785. The first-order valence-corrected chi connectivity index (χ1v) is 9.90. The number of likely N-dealkylation sites (tertiary alicyclic amines) is 1. The molecule has 0 radical (unpaired) electrons. The zero-order chi connectivity index (χ0) is 16.8. The zero-order valence-corrected chi connectivity index (χ0v) is 14.7. The molecule has 0 aromatic rings. The molecule has 0 aromatic carbocycles. The van der Waals surface area contributed by atoms with Crippen LogP contribution in [0.5, 0.6) is 0 Å². The summed E-state index contributed by atoms with van der Waals surface area (Å²) in [7, 11) is -2.97. The van der Waals surface area contributed by atoms with E-state index in [1.165, 1.54) is 6.26 Å². The lowest BCUT2D eigenvalue weighted by Crippen LogP contribution is -2.59. The number of carbonyl (C=O) groups excluding carboxylic acids is 1. The molecular formula is C16H26N2O3S. The number of Topliss-reactive ketones (excluding diaryl/α,β-unsaturated/α-hetero) is 1. The lowest BCUT2D eigenvalue weighted by Gasteiger charge is -2.56. The lowest BCUT2D eigenvalue weighted by atomic mass is 9.51. The predicted molar refractivity (Wildman–Crippen MR) is 84.9 cm³/mol. The standard InChI is InChI=1S/C16H26N2O3S/c1-15(2)13-5-6-18(7-8-22(4,20)21)11-16(13,3)9-12(10-17)14(15)19/h12-13H,5-9,11H2,1-4H3/t12?,13?,16-/m0/s1. The lowest BCUT2D eigenvalue weighted by molar-refractivity contribution is -0.149. The second-order valence-electron chi connectivity index (χ2n) is 7.87. The fourth-order valence-electron chi connectivity index (χ4n) is 4.57. The normalized spacial score (nSPS) is 35.7. The van der Waals surface area contributed by atoms with Gasteiger partial charge in [-0.3, -0.25) is 4.79 Å². The van der Waals surface area contributed by atoms with Gasteiger partial charge < -0.3 is 4.90 Å². The number of carbonyl (C=O) groups is 1. The molecule has 2 aliphatic rings. The molecule has 124 valence electrons. The summed E-state index contributed by atoms with van der Waals surface area (Å²) in [4.78, 5) is 14.7. The Morgan fingerprint density at radius 3 is 2.55 bits per heavy atom. The van der Waals surface area contributed by atoms with Crippen LogP contribution < -0.4 is 0 Å². The van der Waals surface area contributed by atoms with Crippen molar-refractivity contribution >= 4 is 15.6 Å². The smallest absolute Gasteiger partial charge is 0.155 e. The van der Waals surface area contributed by atoms with E-state index in [2.05, 4.69) is 17.9 Å². The summed E-state index contributed by atoms with van der Waals surface area (Å²) < 4.78 is 22.7. The highest BCUT2D eigenvalue weighted by Gasteiger charge is 2.56. The van der Waals surface area contributed by atoms with Crippen LogP contribution in [0, 0.1) is 34.0 Å². The molecule has 1 aliphatic heterocycles. The second-order valence-corrected chi connectivity index (χ2v) is 10.1. The van der Waals surface area contributed by atoms with E-state index in [0.29, 0.717) is 13.0 Å². The Morgan fingerprint density at radius 1 is 1.36 bits per heavy atom. The molecule has 2 unspecified atom stereocenters. The molecule has 0 spiro atoms. The van der Waals surface area contributed by atoms with Crippen molar-refractivity contribution in [3.8, 4) is 6.07 Å². The minimum Gasteiger partial charge on any atom is -0.302 e. The van der Waals surface area contributed by atoms with E-state index < -0.39 is 21.2 Å². The molecule has 2 fully saturated rings. The van der Waals surface area contributed by atoms with Gasteiger partial charge in [0.05, 0.1) is 11.8 Å². The van der Waals surface area contributed by atoms with E-state index in [-0.39, 0.29) is 22.9 Å². The van der Waals surface area contributed by atoms with Crippen LogP contribution >= 0.6 is 0 Å². The van der Waals surface area contributed by atoms with Crippen LogP contribution in [0.15, 0.2) is 0 Å². The van der Waals surface area contributed by atoms with Gasteiger partial charge in [0.25, 0.3) is 0 Å². The number of rotatable bonds is 3. The number of ketones is 1. The number of piperidine rings is 1. The summed E-state index contributed by atoms with van der Waals surface area (Å²) in [6.45, 7) is 8.21. The summed E-state index contributed by atoms with van der Waals surface area (Å²) in [6.07, 6.45) is 2.73. The minimum absolute atomic E-state index is 0.0714. The molecule has 1 saturated heterocycles. The van der Waals surface area contributed by atoms with Crippen LogP contribution in [0.25, 0.3) is 0 Å². The molecule has 22 heavy (non-hydrogen) atoms. The molecule has 0 amide bonds. The molecule has 1 aliphatic carbocycles. The third-order valence-electron chi connectivity index (χ3n) is 5.59. The Hall–Kier alpha value is -0.930. The van der Waals surface area contributed by atoms with Crippen LogP contribution in [-0.4, -0.2) is 50.7 Å². The van der Waals surface area contributed by atoms with Gasteiger partial charge in [0.15, 0.2) is 5.78 Å². The summed E-state index contributed by atoms with van der Waals surface area (Å²) in [6, 6.07) is 2.17. The van der Waals surface area contributed by atoms with Crippen molar-refractivity contribution in [2.75, 3.05) is 31.6 Å². The highest BCUT2D eigenvalue weighted by Crippen LogP contribution is 2.54. The van der Waals surface area contributed by atoms with E-state index >= 15 is 0 Å². The highest BCUT2D eigenvalue weighted by atomic mass is 32.2. The Balaban J connectivity index is 2.18. The maximum Gasteiger partial charge on any atom is 0.155 e. The van der Waals surface area contributed by atoms with Gasteiger partial charge in [-0.2, -0.15) is 5.26 Å². The highest BCUT2D eigenvalue weighted by molar-refractivity contribution is 7.90. The Morgan fingerprint density at radius 2 is 2.00 bits per heavy atom. The monoisotopic (exact) mass is 326 g/mol. The molecule has 0 N–H and O–H groups in total. The van der Waals surface area contributed by atoms with E-state index in [9.17, 15) is 18.5 Å². The summed E-state index contributed by atoms with van der Waals surface area (Å²) in [5, 5.41) is 9.31. The van der Waals surface area contributed by atoms with Gasteiger partial charge in [-0.1, -0.05) is 20.8 Å². The molecule has 2 rings (SSSR count). The van der Waals surface area contributed by atoms with Gasteiger partial charge in [-0.15, -0.1) is 0 Å². The molecule has 1 heterocycles. The van der Waals surface area contributed by atoms with E-state index in [1.807, 2.05) is 13.8 Å². The molecule has 5 nitrogen and oxygen atoms in total. The maximum atomic E-state index is 12.5. The van der Waals surface area contributed by atoms with Crippen molar-refractivity contribution < 1.29 is 13.2 Å². The van der Waals surface area contributed by atoms with Crippen molar-refractivity contribution in [2.45, 2.75) is 33.6 Å². The number of sulfone groups is 1. The van der Waals surface area contributed by atoms with Gasteiger partial charge >= 0.3 is 0 Å². The zero-order valence-electron chi connectivity index (χ0n) is 13.9. The maximum absolute atomic E-state index is 12.5. The summed E-state index contributed by atoms with van der Waals surface area (Å²) in [5.41, 5.74) is -0.579. The summed E-state index contributed by atoms with van der Waals surface area (Å²) >= 11 is 0. The van der Waals surface area contributed by atoms with Crippen molar-refractivity contribution in [1.82, 2.24) is 4.90 Å². The van der Waals surface area contributed by atoms with E-state index in [1.54, 1.807) is 0 Å². The summed E-state index contributed by atoms with van der Waals surface area (Å²) in [5.74, 6) is -0.0441. The van der Waals surface area contributed by atoms with Crippen molar-refractivity contribution in [3.63, 3.8) is 0 Å². The Kier molecular flexibility index (Phi) is 4.44. The Labute approximate surface area is 133 Å². The number of hydrogen-bond donors (Lipinski definition) is 0. The molecule has 3 atom stereocenters. The van der Waals surface area contributed by atoms with Crippen LogP contribution in [0.4, 0.5) is 0 Å². The van der Waals surface area contributed by atoms with Gasteiger partial charge in [-0.25, -0.2) is 8.42 Å². The first-order valence-electron chi connectivity index (χ1n) is 7.83. The third kappa shape index (κ3) is 3.21. The van der Waals surface area contributed by atoms with Crippen LogP contribution in [-0.2, 0) is 14.6 Å². The van der Waals surface area contributed by atoms with Gasteiger partial charge in [-0.05, 0) is 30.7 Å². The number of hydrogen-bond acceptors (Lipinski definition) is 5. The fraction of sp³-hybridized carbons (Fsp3) is 0.875. The van der Waals surface area contributed by atoms with E-state index in [4.69, 9.17) is 0 Å². The van der Waals surface area contributed by atoms with Crippen LogP contribution in [0.1, 0.15) is 33.6 Å². The number of fused-ring (bicyclic) bond motifs is 1. The third-order valence-corrected chi connectivity index (χ3v) is 6.51. The number of nitriles is 1. The molecule has 6 heteroatoms. The first kappa shape index (κ1) is 17.4. The van der Waals surface area contributed by atoms with Gasteiger partial charge in [0.1, 0.15) is 15.8 Å². The second kappa shape index (κ2) is 5.61. The largest absolute Gasteiger partial charge is 0.302 e. The molecule has 1 saturated carbocycles. The predicted octanol–water partition coefficient (Wildman–Crippen LogP) is 1.50. The van der Waals surface area contributed by atoms with Crippen LogP contribution in [0.2, 0.25) is 0 Å². The van der Waals surface area contributed by atoms with Crippen molar-refractivity contribution in [2.24, 2.45) is 22.7 Å². The molecular weight excluding hydrogens is 300 g/mol. The number of nitrogens with zero attached hydrogens (tertiary/aromatic N) is 2. The Bertz CT molecular complexity index is 605. The van der Waals surface area contributed by atoms with Crippen molar-refractivity contribution in [1.29, 1.82) is 5.26 Å². The van der Waals surface area contributed by atoms with Gasteiger partial charge in [0.2, 0.25) is 0 Å². The fourth-order valence-corrected chi connectivity index (χ4v) is 5.16. The first-order chi connectivity index (χ1) is 9.99.